The average Bonchev–Trinajstić information content (AvgIpc) is 1.79. The molecule has 0 bridgehead atoms. The largest absolute Gasteiger partial charge is 0.508 e. The number of carbonyl (C=O) groups is 3. The van der Waals surface area contributed by atoms with Crippen LogP contribution >= 0.6 is 22.6 Å². The predicted octanol–water partition coefficient (Wildman–Crippen LogP) is 11.0. The molecule has 30 nitrogen and oxygen atoms in total. The molecule has 0 fully saturated rings. The van der Waals surface area contributed by atoms with Crippen molar-refractivity contribution in [1.29, 1.82) is 0 Å². The maximum absolute atomic E-state index is 11.5. The van der Waals surface area contributed by atoms with Crippen LogP contribution in [0.5, 0.6) is 5.75 Å². The molecule has 486 valence electrons. The average molecular weight is 1410 g/mol. The Morgan fingerprint density at radius 3 is 1.57 bits per heavy atom. The Bertz CT molecular complexity index is 3470. The molecule has 0 radical (unpaired) electrons. The number of hydrogen-bond acceptors (Lipinski definition) is 25. The topological polar surface area (TPSA) is 437 Å². The van der Waals surface area contributed by atoms with Crippen LogP contribution in [0.4, 0.5) is 0 Å². The molecule has 0 aliphatic carbocycles. The number of rotatable bonds is 26. The third-order valence-corrected chi connectivity index (χ3v) is 15.8. The van der Waals surface area contributed by atoms with Gasteiger partial charge >= 0.3 is 0 Å². The van der Waals surface area contributed by atoms with Crippen LogP contribution in [0.25, 0.3) is 10.9 Å². The summed E-state index contributed by atoms with van der Waals surface area (Å²) in [6.07, 6.45) is 18.8. The van der Waals surface area contributed by atoms with Crippen LogP contribution in [0, 0.1) is 3.57 Å². The van der Waals surface area contributed by atoms with Gasteiger partial charge in [0.25, 0.3) is 0 Å². The molecule has 2 unspecified atom stereocenters. The number of para-hydroxylation sites is 1. The smallest absolute Gasteiger partial charge is 0.221 e. The summed E-state index contributed by atoms with van der Waals surface area (Å²) in [5.74, 6) is 1.70. The van der Waals surface area contributed by atoms with E-state index in [1.54, 1.807) is 30.9 Å². The Labute approximate surface area is 549 Å². The number of amides is 3. The summed E-state index contributed by atoms with van der Waals surface area (Å²) < 4.78 is 23.1. The van der Waals surface area contributed by atoms with Crippen LogP contribution in [0.1, 0.15) is 86.2 Å². The molecule has 9 aliphatic rings. The van der Waals surface area contributed by atoms with Crippen LogP contribution in [-0.2, 0) is 67.4 Å². The van der Waals surface area contributed by atoms with Gasteiger partial charge in [0.2, 0.25) is 17.7 Å². The summed E-state index contributed by atoms with van der Waals surface area (Å²) in [5, 5.41) is 80.1. The van der Waals surface area contributed by atoms with Crippen molar-refractivity contribution in [2.45, 2.75) is 145 Å². The molecule has 4 aromatic carbocycles. The number of nitrogens with one attached hydrogen (secondary N) is 3. The Morgan fingerprint density at radius 1 is 0.554 bits per heavy atom. The van der Waals surface area contributed by atoms with Crippen molar-refractivity contribution in [2.75, 3.05) is 24.3 Å². The molecule has 2 atom stereocenters. The number of nitrogens with two attached hydrogens (primary N) is 2. The van der Waals surface area contributed by atoms with Gasteiger partial charge in [0.05, 0.1) is 18.5 Å². The second kappa shape index (κ2) is 38.8. The number of fused-ring (bicyclic) bond motifs is 1. The maximum atomic E-state index is 11.5. The molecule has 11 heterocycles. The summed E-state index contributed by atoms with van der Waals surface area (Å²) in [5.41, 5.74) is 16.9. The molecule has 0 saturated carbocycles. The number of unbranched alkanes of at least 4 members (excludes halogenated alkanes) is 1. The lowest BCUT2D eigenvalue weighted by Gasteiger charge is -1.99. The summed E-state index contributed by atoms with van der Waals surface area (Å²) >= 11 is 2.30. The molecule has 3 amide bonds. The minimum atomic E-state index is -0.826. The van der Waals surface area contributed by atoms with Crippen LogP contribution in [-0.4, -0.2) is 126 Å². The summed E-state index contributed by atoms with van der Waals surface area (Å²) in [6, 6.07) is 33.8. The fraction of sp³-hybridized carbons (Fsp3) is 0.458. The first-order valence-electron chi connectivity index (χ1n) is 29.7. The van der Waals surface area contributed by atoms with Gasteiger partial charge < -0.3 is 31.9 Å². The van der Waals surface area contributed by atoms with Gasteiger partial charge in [-0.3, -0.25) is 22.8 Å². The molecule has 15 rings (SSSR count). The first-order valence-corrected chi connectivity index (χ1v) is 34.0. The van der Waals surface area contributed by atoms with E-state index in [2.05, 4.69) is 177 Å². The van der Waals surface area contributed by atoms with Gasteiger partial charge in [-0.15, -0.1) is 0 Å². The first-order chi connectivity index (χ1) is 44.6. The van der Waals surface area contributed by atoms with E-state index < -0.39 is 21.6 Å². The van der Waals surface area contributed by atoms with E-state index in [1.807, 2.05) is 54.7 Å². The normalized spacial score (nSPS) is 16.4. The van der Waals surface area contributed by atoms with Crippen molar-refractivity contribution < 1.29 is 27.9 Å². The van der Waals surface area contributed by atoms with E-state index in [0.29, 0.717) is 23.7 Å². The Kier molecular flexibility index (Phi) is 29.9. The number of aromatic hydroxyl groups is 1. The number of benzene rings is 4. The van der Waals surface area contributed by atoms with E-state index in [4.69, 9.17) is 16.6 Å². The van der Waals surface area contributed by atoms with Crippen LogP contribution in [0.2, 0.25) is 0 Å². The number of imidazole rings is 1. The molecule has 33 heteroatoms. The summed E-state index contributed by atoms with van der Waals surface area (Å²) in [7, 11) is -1.49. The highest BCUT2D eigenvalue weighted by atomic mass is 127. The molecule has 2 aromatic heterocycles. The number of primary amides is 2. The summed E-state index contributed by atoms with van der Waals surface area (Å²) in [6.45, 7) is 2.31. The monoisotopic (exact) mass is 1410 g/mol. The number of phenolic OH excluding ortho intramolecular Hbond substituents is 1. The molecule has 92 heavy (non-hydrogen) atoms. The van der Waals surface area contributed by atoms with E-state index in [9.17, 15) is 22.8 Å². The van der Waals surface area contributed by atoms with Crippen LogP contribution < -0.4 is 16.8 Å². The van der Waals surface area contributed by atoms with Crippen molar-refractivity contribution in [2.24, 2.45) is 104 Å². The number of phenols is 1. The molecular formula is C59H75IN24O6S2. The lowest BCUT2D eigenvalue weighted by Crippen LogP contribution is -2.20. The minimum Gasteiger partial charge on any atom is -0.508 e. The van der Waals surface area contributed by atoms with E-state index in [1.165, 1.54) is 32.5 Å². The van der Waals surface area contributed by atoms with Gasteiger partial charge in [-0.05, 0) is 107 Å². The van der Waals surface area contributed by atoms with Gasteiger partial charge in [-0.2, -0.15) is 92.1 Å². The van der Waals surface area contributed by atoms with Crippen molar-refractivity contribution in [3.05, 3.63) is 153 Å². The Hall–Kier alpha value is -8.73. The van der Waals surface area contributed by atoms with E-state index in [-0.39, 0.29) is 79.6 Å². The number of nitrogens with zero attached hydrogens (tertiary/aromatic N) is 19. The third kappa shape index (κ3) is 36.2. The number of hydrogen-bond donors (Lipinski definition) is 6. The number of H-pyrrole nitrogens is 2. The minimum absolute atomic E-state index is 0.0181. The quantitative estimate of drug-likeness (QED) is 0.0225. The van der Waals surface area contributed by atoms with E-state index >= 15 is 0 Å². The number of aromatic nitrogens is 3. The van der Waals surface area contributed by atoms with Crippen LogP contribution in [0.3, 0.4) is 0 Å². The highest BCUT2D eigenvalue weighted by Gasteiger charge is 2.22. The fourth-order valence-corrected chi connectivity index (χ4v) is 9.67. The molecule has 0 saturated heterocycles. The first kappa shape index (κ1) is 70.7. The zero-order chi connectivity index (χ0) is 65.3. The number of aromatic amines is 2. The van der Waals surface area contributed by atoms with Crippen molar-refractivity contribution >= 4 is 72.8 Å². The van der Waals surface area contributed by atoms with Crippen LogP contribution in [0.15, 0.2) is 214 Å². The van der Waals surface area contributed by atoms with Crippen molar-refractivity contribution in [1.82, 2.24) is 20.3 Å². The Morgan fingerprint density at radius 2 is 1.07 bits per heavy atom. The molecule has 8 N–H and O–H groups in total. The maximum Gasteiger partial charge on any atom is 0.221 e. The van der Waals surface area contributed by atoms with Gasteiger partial charge in [-0.1, -0.05) is 72.8 Å². The van der Waals surface area contributed by atoms with E-state index in [0.717, 1.165) is 93.3 Å². The SMILES string of the molecule is CC(=O)NCCCCC1N=N1.CS(=O)CCC1N=N1.Ic1ccc(CC2N=N2)cc1.NC(=O)CC1N=N1.NC(=O)CCCC1N=N1.O=S(Cc1ccccc1)CC1N=N1.Oc1ccc(CC2N=N2)cc1.c1ccc2c(CC3N=N3)c[nH]c2c1.c1ncc(CC2N=N2)[nH]1. The lowest BCUT2D eigenvalue weighted by molar-refractivity contribution is -0.119. The number of halogens is 1. The second-order valence-electron chi connectivity index (χ2n) is 21.3. The third-order valence-electron chi connectivity index (χ3n) is 12.9. The van der Waals surface area contributed by atoms with Crippen molar-refractivity contribution in [3.8, 4) is 5.75 Å². The zero-order valence-corrected chi connectivity index (χ0v) is 54.7. The molecule has 0 spiro atoms. The second-order valence-corrected chi connectivity index (χ2v) is 25.6. The fourth-order valence-electron chi connectivity index (χ4n) is 7.62. The van der Waals surface area contributed by atoms with Crippen molar-refractivity contribution in [3.63, 3.8) is 0 Å². The Balaban J connectivity index is 0.000000148. The highest BCUT2D eigenvalue weighted by Crippen LogP contribution is 2.25. The standard InChI is InChI=1S/C10H9N3.C9H10N2OS.C8H7IN2.C8H8N2O.C7H13N3O.C5H6N4.C5H9N3O.C4H8N2OS.C3H5N3O/c1-2-4-9-8(3-1)7(6-11-9)5-10-12-13-10;12-13(7-9-10-11-9)6-8-4-2-1-3-5-8;9-7-3-1-6(2-4-7)5-8-10-11-8;11-7-3-1-6(2-4-7)5-8-9-10-8;1-6(11)8-5-3-2-4-7-9-10-7;1(5-8-9-5)4-2-6-3-7-4;6-4(9)2-1-3-5-7-8-5;1-8(7)3-2-4-5-6-4;4-2(7)1-3-5-6-3/h1-4,6,10-11H,5H2;1-5,9H,6-7H2;1-4,8H,5H2;1-4,8,11H,5H2;7H,2-5H2,1H3,(H,8,11);2-3,5H,1H2,(H,6,7);5H,1-3H2,(H2,6,9);4H,2-3H2,1H3;3H,1H2,(H2,4,7). The molecule has 6 aromatic rings. The molecular weight excluding hydrogens is 1330 g/mol. The lowest BCUT2D eigenvalue weighted by atomic mass is 10.1. The zero-order valence-electron chi connectivity index (χ0n) is 50.9. The van der Waals surface area contributed by atoms with Gasteiger partial charge in [0.1, 0.15) is 5.75 Å². The molecule has 9 aliphatic heterocycles. The predicted molar refractivity (Wildman–Crippen MR) is 353 cm³/mol. The van der Waals surface area contributed by atoms with Gasteiger partial charge in [-0.25, -0.2) is 4.98 Å². The summed E-state index contributed by atoms with van der Waals surface area (Å²) in [4.78, 5) is 40.6. The highest BCUT2D eigenvalue weighted by molar-refractivity contribution is 14.1. The van der Waals surface area contributed by atoms with Gasteiger partial charge in [0, 0.05) is 124 Å². The number of carbonyl (C=O) groups excluding carboxylic acids is 3. The van der Waals surface area contributed by atoms with Gasteiger partial charge in [0.15, 0.2) is 55.5 Å².